The Hall–Kier alpha value is -3.38. The third-order valence-electron chi connectivity index (χ3n) is 6.87. The standard InChI is InChI=1S/C26H29N5O.C2H6/c1-32-22-7-5-19(6-8-22)20-3-2-4-21(17-20)26(10-13-27)11-15-31(16-12-26)25-23-9-14-28-24(23)29-18-30-25;1-2/h2-9,14,17-18H,10-13,15-16,27H2,1H3,(H,28,29,30);1-2H3. The minimum atomic E-state index is 0.0814. The highest BCUT2D eigenvalue weighted by Crippen LogP contribution is 2.41. The van der Waals surface area contributed by atoms with E-state index in [0.717, 1.165) is 55.0 Å². The number of rotatable bonds is 6. The molecule has 0 bridgehead atoms. The molecule has 2 aromatic carbocycles. The molecule has 6 heteroatoms. The fourth-order valence-electron chi connectivity index (χ4n) is 5.03. The molecule has 1 aliphatic heterocycles. The van der Waals surface area contributed by atoms with E-state index in [4.69, 9.17) is 10.5 Å². The van der Waals surface area contributed by atoms with E-state index >= 15 is 0 Å². The summed E-state index contributed by atoms with van der Waals surface area (Å²) < 4.78 is 5.31. The molecule has 0 radical (unpaired) electrons. The topological polar surface area (TPSA) is 80.1 Å². The average molecular weight is 458 g/mol. The molecule has 0 unspecified atom stereocenters. The largest absolute Gasteiger partial charge is 0.497 e. The highest BCUT2D eigenvalue weighted by atomic mass is 16.5. The highest BCUT2D eigenvalue weighted by molar-refractivity contribution is 5.87. The zero-order valence-corrected chi connectivity index (χ0v) is 20.4. The highest BCUT2D eigenvalue weighted by Gasteiger charge is 2.36. The number of piperidine rings is 1. The number of fused-ring (bicyclic) bond motifs is 1. The fraction of sp³-hybridized carbons (Fsp3) is 0.357. The Morgan fingerprint density at radius 3 is 2.47 bits per heavy atom. The molecule has 34 heavy (non-hydrogen) atoms. The van der Waals surface area contributed by atoms with Gasteiger partial charge in [0.2, 0.25) is 0 Å². The smallest absolute Gasteiger partial charge is 0.142 e. The van der Waals surface area contributed by atoms with Gasteiger partial charge in [-0.2, -0.15) is 0 Å². The van der Waals surface area contributed by atoms with E-state index in [9.17, 15) is 0 Å². The van der Waals surface area contributed by atoms with Crippen LogP contribution in [-0.4, -0.2) is 41.7 Å². The molecule has 0 amide bonds. The Balaban J connectivity index is 0.00000133. The van der Waals surface area contributed by atoms with Crippen LogP contribution in [0, 0.1) is 0 Å². The van der Waals surface area contributed by atoms with Gasteiger partial charge in [-0.25, -0.2) is 9.97 Å². The number of aromatic amines is 1. The number of methoxy groups -OCH3 is 1. The molecule has 2 aromatic heterocycles. The van der Waals surface area contributed by atoms with E-state index < -0.39 is 0 Å². The number of ether oxygens (including phenoxy) is 1. The average Bonchev–Trinajstić information content (AvgIpc) is 3.40. The summed E-state index contributed by atoms with van der Waals surface area (Å²) in [7, 11) is 1.70. The van der Waals surface area contributed by atoms with E-state index in [2.05, 4.69) is 62.3 Å². The molecule has 178 valence electrons. The number of hydrogen-bond donors (Lipinski definition) is 2. The second-order valence-electron chi connectivity index (χ2n) is 8.55. The first-order chi connectivity index (χ1) is 16.7. The number of anilines is 1. The van der Waals surface area contributed by atoms with Crippen molar-refractivity contribution in [3.63, 3.8) is 0 Å². The van der Waals surface area contributed by atoms with Gasteiger partial charge in [0, 0.05) is 19.3 Å². The Bertz CT molecular complexity index is 1190. The van der Waals surface area contributed by atoms with Crippen LogP contribution in [0.3, 0.4) is 0 Å². The van der Waals surface area contributed by atoms with E-state index in [0.29, 0.717) is 6.54 Å². The summed E-state index contributed by atoms with van der Waals surface area (Å²) in [5.41, 5.74) is 10.9. The lowest BCUT2D eigenvalue weighted by Crippen LogP contribution is -2.44. The molecule has 3 heterocycles. The Morgan fingerprint density at radius 2 is 1.76 bits per heavy atom. The number of nitrogens with one attached hydrogen (secondary N) is 1. The van der Waals surface area contributed by atoms with E-state index in [1.807, 2.05) is 32.2 Å². The molecule has 1 aliphatic rings. The summed E-state index contributed by atoms with van der Waals surface area (Å²) in [6.45, 7) is 6.58. The van der Waals surface area contributed by atoms with Gasteiger partial charge in [-0.05, 0) is 66.1 Å². The van der Waals surface area contributed by atoms with Gasteiger partial charge in [-0.1, -0.05) is 50.2 Å². The Kier molecular flexibility index (Phi) is 7.48. The molecule has 0 saturated carbocycles. The van der Waals surface area contributed by atoms with Gasteiger partial charge in [0.25, 0.3) is 0 Å². The predicted molar refractivity (Wildman–Crippen MR) is 140 cm³/mol. The van der Waals surface area contributed by atoms with Crippen molar-refractivity contribution in [1.82, 2.24) is 15.0 Å². The molecule has 0 atom stereocenters. The zero-order chi connectivity index (χ0) is 24.0. The molecular weight excluding hydrogens is 422 g/mol. The van der Waals surface area contributed by atoms with Crippen molar-refractivity contribution in [3.05, 3.63) is 72.7 Å². The van der Waals surface area contributed by atoms with Crippen LogP contribution in [0.15, 0.2) is 67.1 Å². The van der Waals surface area contributed by atoms with Crippen molar-refractivity contribution in [2.75, 3.05) is 31.6 Å². The Morgan fingerprint density at radius 1 is 1.00 bits per heavy atom. The molecule has 5 rings (SSSR count). The second-order valence-corrected chi connectivity index (χ2v) is 8.55. The van der Waals surface area contributed by atoms with Crippen molar-refractivity contribution in [2.24, 2.45) is 5.73 Å². The van der Waals surface area contributed by atoms with Gasteiger partial charge in [-0.3, -0.25) is 0 Å². The fourth-order valence-corrected chi connectivity index (χ4v) is 5.03. The number of benzene rings is 2. The Labute approximate surface area is 202 Å². The molecule has 0 spiro atoms. The number of hydrogen-bond acceptors (Lipinski definition) is 5. The van der Waals surface area contributed by atoms with Crippen LogP contribution < -0.4 is 15.4 Å². The van der Waals surface area contributed by atoms with E-state index in [1.54, 1.807) is 13.4 Å². The summed E-state index contributed by atoms with van der Waals surface area (Å²) in [6.07, 6.45) is 6.65. The van der Waals surface area contributed by atoms with Crippen molar-refractivity contribution in [3.8, 4) is 16.9 Å². The zero-order valence-electron chi connectivity index (χ0n) is 20.4. The van der Waals surface area contributed by atoms with Crippen LogP contribution in [-0.2, 0) is 5.41 Å². The number of nitrogens with zero attached hydrogens (tertiary/aromatic N) is 3. The summed E-state index contributed by atoms with van der Waals surface area (Å²) in [6, 6.07) is 19.3. The SMILES string of the molecule is CC.COc1ccc(-c2cccc(C3(CCN)CCN(c4ncnc5[nH]ccc45)CC3)c2)cc1. The second kappa shape index (κ2) is 10.7. The van der Waals surface area contributed by atoms with Gasteiger partial charge in [-0.15, -0.1) is 0 Å². The molecule has 6 nitrogen and oxygen atoms in total. The van der Waals surface area contributed by atoms with E-state index in [-0.39, 0.29) is 5.41 Å². The lowest BCUT2D eigenvalue weighted by molar-refractivity contribution is 0.312. The van der Waals surface area contributed by atoms with Crippen LogP contribution >= 0.6 is 0 Å². The van der Waals surface area contributed by atoms with Crippen molar-refractivity contribution in [2.45, 2.75) is 38.5 Å². The minimum absolute atomic E-state index is 0.0814. The molecule has 0 aliphatic carbocycles. The molecule has 1 saturated heterocycles. The predicted octanol–water partition coefficient (Wildman–Crippen LogP) is 5.55. The maximum absolute atomic E-state index is 6.12. The molecule has 4 aromatic rings. The third-order valence-corrected chi connectivity index (χ3v) is 6.87. The van der Waals surface area contributed by atoms with Gasteiger partial charge in [0.05, 0.1) is 12.5 Å². The number of aromatic nitrogens is 3. The monoisotopic (exact) mass is 457 g/mol. The lowest BCUT2D eigenvalue weighted by Gasteiger charge is -2.43. The maximum atomic E-state index is 6.12. The van der Waals surface area contributed by atoms with Crippen molar-refractivity contribution in [1.29, 1.82) is 0 Å². The molecule has 3 N–H and O–H groups in total. The van der Waals surface area contributed by atoms with Gasteiger partial charge in [0.15, 0.2) is 0 Å². The van der Waals surface area contributed by atoms with Crippen molar-refractivity contribution < 1.29 is 4.74 Å². The first kappa shape index (κ1) is 23.8. The number of H-pyrrole nitrogens is 1. The molecule has 1 fully saturated rings. The van der Waals surface area contributed by atoms with Crippen LogP contribution in [0.2, 0.25) is 0 Å². The first-order valence-electron chi connectivity index (χ1n) is 12.2. The summed E-state index contributed by atoms with van der Waals surface area (Å²) in [5.74, 6) is 1.89. The van der Waals surface area contributed by atoms with Crippen LogP contribution in [0.5, 0.6) is 5.75 Å². The summed E-state index contributed by atoms with van der Waals surface area (Å²) >= 11 is 0. The molecular formula is C28H35N5O. The van der Waals surface area contributed by atoms with Crippen LogP contribution in [0.25, 0.3) is 22.2 Å². The minimum Gasteiger partial charge on any atom is -0.497 e. The summed E-state index contributed by atoms with van der Waals surface area (Å²) in [4.78, 5) is 14.5. The number of nitrogens with two attached hydrogens (primary N) is 1. The van der Waals surface area contributed by atoms with Gasteiger partial charge >= 0.3 is 0 Å². The van der Waals surface area contributed by atoms with Gasteiger partial charge in [0.1, 0.15) is 23.5 Å². The van der Waals surface area contributed by atoms with Crippen LogP contribution in [0.1, 0.15) is 38.7 Å². The summed E-state index contributed by atoms with van der Waals surface area (Å²) in [5, 5.41) is 1.08. The van der Waals surface area contributed by atoms with Crippen LogP contribution in [0.4, 0.5) is 5.82 Å². The van der Waals surface area contributed by atoms with E-state index in [1.165, 1.54) is 16.7 Å². The maximum Gasteiger partial charge on any atom is 0.142 e. The first-order valence-corrected chi connectivity index (χ1v) is 12.2. The van der Waals surface area contributed by atoms with Gasteiger partial charge < -0.3 is 20.4 Å². The quantitative estimate of drug-likeness (QED) is 0.397. The van der Waals surface area contributed by atoms with Crippen molar-refractivity contribution >= 4 is 16.9 Å². The third kappa shape index (κ3) is 4.64. The lowest BCUT2D eigenvalue weighted by atomic mass is 9.70. The normalized spacial score (nSPS) is 15.0.